The van der Waals surface area contributed by atoms with E-state index >= 15 is 0 Å². The summed E-state index contributed by atoms with van der Waals surface area (Å²) in [5, 5.41) is 33.0. The van der Waals surface area contributed by atoms with Crippen molar-refractivity contribution in [3.8, 4) is 11.5 Å². The molecule has 0 amide bonds. The van der Waals surface area contributed by atoms with Gasteiger partial charge in [-0.2, -0.15) is 0 Å². The Kier molecular flexibility index (Phi) is 14.0. The van der Waals surface area contributed by atoms with Gasteiger partial charge >= 0.3 is 11.9 Å². The van der Waals surface area contributed by atoms with Gasteiger partial charge in [-0.3, -0.25) is 0 Å². The number of carbonyl (C=O) groups excluding carboxylic acids is 2. The molecule has 2 N–H and O–H groups in total. The minimum Gasteiger partial charge on any atom is -0.490 e. The zero-order chi connectivity index (χ0) is 39.7. The number of oxime groups is 1. The number of nitrogens with zero attached hydrogens (tertiary/aromatic N) is 4. The van der Waals surface area contributed by atoms with Gasteiger partial charge in [0.25, 0.3) is 0 Å². The summed E-state index contributed by atoms with van der Waals surface area (Å²) in [5.74, 6) is -2.93. The molecular weight excluding hydrogens is 724 g/mol. The second-order valence-corrected chi connectivity index (χ2v) is 14.5. The summed E-state index contributed by atoms with van der Waals surface area (Å²) in [7, 11) is 2.40. The number of fused-ring (bicyclic) bond motifs is 2. The number of allylic oxidation sites excluding steroid dienone is 1. The maximum absolute atomic E-state index is 13.6. The largest absolute Gasteiger partial charge is 0.490 e. The molecule has 2 aliphatic heterocycles. The van der Waals surface area contributed by atoms with Crippen LogP contribution in [0.5, 0.6) is 11.5 Å². The highest BCUT2D eigenvalue weighted by Gasteiger charge is 2.65. The van der Waals surface area contributed by atoms with Crippen molar-refractivity contribution in [3.05, 3.63) is 72.1 Å². The number of aliphatic hydroxyl groups is 2. The first kappa shape index (κ1) is 41.1. The monoisotopic (exact) mass is 778 g/mol. The molecule has 1 unspecified atom stereocenters. The molecule has 6 rings (SSSR count). The van der Waals surface area contributed by atoms with Crippen LogP contribution in [0, 0.1) is 17.8 Å². The summed E-state index contributed by atoms with van der Waals surface area (Å²) in [6, 6.07) is 4.73. The van der Waals surface area contributed by atoms with E-state index in [2.05, 4.69) is 29.5 Å². The van der Waals surface area contributed by atoms with Crippen LogP contribution in [0.1, 0.15) is 103 Å². The number of rotatable bonds is 19. The lowest BCUT2D eigenvalue weighted by Crippen LogP contribution is -2.63. The van der Waals surface area contributed by atoms with Gasteiger partial charge in [0.2, 0.25) is 17.8 Å². The van der Waals surface area contributed by atoms with Gasteiger partial charge in [-0.15, -0.1) is 11.7 Å². The lowest BCUT2D eigenvalue weighted by atomic mass is 9.55. The minimum atomic E-state index is -1.57. The number of aliphatic hydroxyl groups excluding tert-OH is 2. The van der Waals surface area contributed by atoms with Crippen LogP contribution in [-0.2, 0) is 23.8 Å². The number of methoxy groups -OCH3 is 2. The van der Waals surface area contributed by atoms with Gasteiger partial charge < -0.3 is 43.5 Å². The van der Waals surface area contributed by atoms with Gasteiger partial charge in [-0.25, -0.2) is 14.3 Å². The van der Waals surface area contributed by atoms with Gasteiger partial charge in [-0.1, -0.05) is 48.0 Å². The molecule has 2 aromatic rings. The van der Waals surface area contributed by atoms with Crippen LogP contribution in [0.2, 0.25) is 0 Å². The van der Waals surface area contributed by atoms with Crippen molar-refractivity contribution in [2.45, 2.75) is 88.2 Å². The highest BCUT2D eigenvalue weighted by atomic mass is 16.8. The Morgan fingerprint density at radius 1 is 1.04 bits per heavy atom. The summed E-state index contributed by atoms with van der Waals surface area (Å²) < 4.78 is 37.6. The number of aromatic nitrogens is 3. The van der Waals surface area contributed by atoms with Crippen LogP contribution in [0.15, 0.2) is 60.3 Å². The molecule has 0 bridgehead atoms. The van der Waals surface area contributed by atoms with Crippen LogP contribution in [0.4, 0.5) is 0 Å². The number of hydrogen-bond acceptors (Lipinski definition) is 14. The predicted molar refractivity (Wildman–Crippen MR) is 203 cm³/mol. The van der Waals surface area contributed by atoms with Crippen molar-refractivity contribution in [3.63, 3.8) is 0 Å². The Bertz CT molecular complexity index is 1770. The molecule has 2 aliphatic carbocycles. The van der Waals surface area contributed by atoms with Crippen LogP contribution in [0.25, 0.3) is 0 Å². The smallest absolute Gasteiger partial charge is 0.361 e. The fourth-order valence-electron chi connectivity index (χ4n) is 8.77. The molecule has 1 saturated heterocycles. The molecule has 1 aromatic carbocycles. The van der Waals surface area contributed by atoms with Crippen LogP contribution in [0.3, 0.4) is 0 Å². The van der Waals surface area contributed by atoms with Crippen molar-refractivity contribution in [2.75, 3.05) is 47.3 Å². The number of ether oxygens (including phenoxy) is 6. The van der Waals surface area contributed by atoms with Crippen molar-refractivity contribution < 1.29 is 53.1 Å². The van der Waals surface area contributed by atoms with Crippen molar-refractivity contribution in [1.82, 2.24) is 15.0 Å². The molecule has 304 valence electrons. The van der Waals surface area contributed by atoms with E-state index in [1.165, 1.54) is 18.9 Å². The quantitative estimate of drug-likeness (QED) is 0.0796. The summed E-state index contributed by atoms with van der Waals surface area (Å²) in [6.45, 7) is 8.84. The Hall–Kier alpha value is -4.57. The van der Waals surface area contributed by atoms with E-state index in [4.69, 9.17) is 38.4 Å². The Morgan fingerprint density at radius 2 is 1.80 bits per heavy atom. The van der Waals surface area contributed by atoms with Crippen molar-refractivity contribution >= 4 is 17.7 Å². The van der Waals surface area contributed by atoms with E-state index in [-0.39, 0.29) is 55.4 Å². The second-order valence-electron chi connectivity index (χ2n) is 14.5. The summed E-state index contributed by atoms with van der Waals surface area (Å²) in [6.07, 6.45) is 12.0. The molecular formula is C41H54N4O11. The molecule has 2 fully saturated rings. The Labute approximate surface area is 327 Å². The van der Waals surface area contributed by atoms with Gasteiger partial charge in [-0.05, 0) is 74.1 Å². The standard InChI is InChI=1S/C41H54N4O11/c1-5-20-52-27-16-17-32-30(24-27)35-28(14-8-11-19-47)26(13-7-10-18-46)23-29-31(43-56-34-15-9-12-22-53-34)25-33(41(55-32,36(29)35)54-21-6-2)45-38(40(49)51-4)37(42-44-45)39(48)50-3/h5-6,16-17,23-24,26,28,33-36,46-47H,1-2,7-15,18-22,25H2,3-4H3/t26-,28+,33-,34?,35+,36+,41+/m0/s1. The van der Waals surface area contributed by atoms with Crippen molar-refractivity contribution in [1.29, 1.82) is 0 Å². The third kappa shape index (κ3) is 8.27. The van der Waals surface area contributed by atoms with E-state index in [9.17, 15) is 19.8 Å². The van der Waals surface area contributed by atoms with Gasteiger partial charge in [0.05, 0.1) is 39.1 Å². The van der Waals surface area contributed by atoms with Crippen molar-refractivity contribution in [2.24, 2.45) is 22.9 Å². The molecule has 1 aromatic heterocycles. The van der Waals surface area contributed by atoms with E-state index in [0.717, 1.165) is 49.7 Å². The highest BCUT2D eigenvalue weighted by Crippen LogP contribution is 2.63. The average Bonchev–Trinajstić information content (AvgIpc) is 3.67. The van der Waals surface area contributed by atoms with Crippen LogP contribution in [-0.4, -0.2) is 102 Å². The summed E-state index contributed by atoms with van der Waals surface area (Å²) in [4.78, 5) is 32.8. The molecule has 15 heteroatoms. The fourth-order valence-corrected chi connectivity index (χ4v) is 8.77. The van der Waals surface area contributed by atoms with Gasteiger partial charge in [0, 0.05) is 37.5 Å². The average molecular weight is 779 g/mol. The number of hydrogen-bond donors (Lipinski definition) is 2. The van der Waals surface area contributed by atoms with E-state index < -0.39 is 36.0 Å². The zero-order valence-electron chi connectivity index (χ0n) is 32.3. The summed E-state index contributed by atoms with van der Waals surface area (Å²) in [5.41, 5.74) is 1.78. The normalized spacial score (nSPS) is 27.2. The first-order chi connectivity index (χ1) is 27.3. The second kappa shape index (κ2) is 19.0. The lowest BCUT2D eigenvalue weighted by molar-refractivity contribution is -0.252. The topological polar surface area (TPSA) is 182 Å². The first-order valence-corrected chi connectivity index (χ1v) is 19.6. The number of benzene rings is 1. The van der Waals surface area contributed by atoms with Crippen LogP contribution < -0.4 is 9.47 Å². The maximum atomic E-state index is 13.6. The maximum Gasteiger partial charge on any atom is 0.361 e. The van der Waals surface area contributed by atoms with Crippen LogP contribution >= 0.6 is 0 Å². The highest BCUT2D eigenvalue weighted by molar-refractivity contribution is 6.03. The Balaban J connectivity index is 1.63. The minimum absolute atomic E-state index is 0.00190. The molecule has 56 heavy (non-hydrogen) atoms. The van der Waals surface area contributed by atoms with Gasteiger partial charge in [0.1, 0.15) is 24.1 Å². The molecule has 15 nitrogen and oxygen atoms in total. The molecule has 1 saturated carbocycles. The van der Waals surface area contributed by atoms with E-state index in [1.54, 1.807) is 12.2 Å². The molecule has 7 atom stereocenters. The number of unbranched alkanes of at least 4 members (excludes halogenated alkanes) is 2. The Morgan fingerprint density at radius 3 is 2.50 bits per heavy atom. The number of esters is 2. The molecule has 3 heterocycles. The van der Waals surface area contributed by atoms with Gasteiger partial charge in [0.15, 0.2) is 5.69 Å². The third-order valence-electron chi connectivity index (χ3n) is 11.2. The third-order valence-corrected chi connectivity index (χ3v) is 11.2. The fraction of sp³-hybridized carbons (Fsp3) is 0.585. The molecule has 0 radical (unpaired) electrons. The first-order valence-electron chi connectivity index (χ1n) is 19.6. The number of carbonyl (C=O) groups is 2. The molecule has 0 spiro atoms. The predicted octanol–water partition coefficient (Wildman–Crippen LogP) is 5.45. The molecule has 4 aliphatic rings. The zero-order valence-corrected chi connectivity index (χ0v) is 32.3. The SMILES string of the molecule is C=CCOc1ccc2c(c1)[C@H]1[C@H](CCCCO)[C@@H](CCCCO)C=C3C(=NOC4CCCCO4)C[C@H](n4nnc(C(=O)OC)c4C(=O)OC)[C@@](OCC=C)(O2)[C@H]31. The summed E-state index contributed by atoms with van der Waals surface area (Å²) >= 11 is 0. The van der Waals surface area contributed by atoms with E-state index in [1.807, 2.05) is 18.2 Å². The lowest BCUT2D eigenvalue weighted by Gasteiger charge is -2.58. The van der Waals surface area contributed by atoms with E-state index in [0.29, 0.717) is 49.7 Å².